The number of quaternary nitrogens is 1. The van der Waals surface area contributed by atoms with E-state index in [-0.39, 0.29) is 16.8 Å². The molecule has 0 saturated carbocycles. The minimum Gasteiger partial charge on any atom is -0.323 e. The number of nitrogens with zero attached hydrogens (tertiary/aromatic N) is 2. The third-order valence-electron chi connectivity index (χ3n) is 5.45. The summed E-state index contributed by atoms with van der Waals surface area (Å²) in [5.41, 5.74) is 0.865. The molecule has 156 valence electrons. The van der Waals surface area contributed by atoms with E-state index in [0.717, 1.165) is 22.7 Å². The Bertz CT molecular complexity index is 927. The smallest absolute Gasteiger partial charge is 0.284 e. The Morgan fingerprint density at radius 2 is 1.69 bits per heavy atom. The number of rotatable bonds is 6. The number of para-hydroxylation sites is 1. The molecule has 2 aromatic carbocycles. The summed E-state index contributed by atoms with van der Waals surface area (Å²) < 4.78 is 40.0. The van der Waals surface area contributed by atoms with Crippen molar-refractivity contribution in [2.75, 3.05) is 37.6 Å². The molecule has 0 bridgehead atoms. The normalized spacial score (nSPS) is 17.1. The maximum atomic E-state index is 13.1. The Labute approximate surface area is 171 Å². The van der Waals surface area contributed by atoms with Crippen molar-refractivity contribution in [3.63, 3.8) is 0 Å². The highest BCUT2D eigenvalue weighted by molar-refractivity contribution is 7.89. The standard InChI is InChI=1S/C21H26FN3O3S/c1-3-25(19-7-5-4-6-8-19)21(26)17(2)23-13-15-24(16-14-23)29(27,28)20-11-9-18(22)10-12-20/h4-12,17H,3,13-16H2,1-2H3/p+1/t17-/m0/s1. The van der Waals surface area contributed by atoms with E-state index in [4.69, 9.17) is 0 Å². The van der Waals surface area contributed by atoms with Gasteiger partial charge < -0.3 is 9.80 Å². The average molecular weight is 421 g/mol. The largest absolute Gasteiger partial charge is 0.323 e. The fourth-order valence-corrected chi connectivity index (χ4v) is 5.13. The quantitative estimate of drug-likeness (QED) is 0.763. The van der Waals surface area contributed by atoms with Crippen molar-refractivity contribution in [1.29, 1.82) is 0 Å². The number of likely N-dealkylation sites (N-methyl/N-ethyl adjacent to an activating group) is 1. The number of hydrogen-bond acceptors (Lipinski definition) is 3. The molecule has 1 amide bonds. The molecule has 1 fully saturated rings. The number of carbonyl (C=O) groups excluding carboxylic acids is 1. The van der Waals surface area contributed by atoms with E-state index < -0.39 is 15.8 Å². The lowest BCUT2D eigenvalue weighted by atomic mass is 10.2. The molecule has 1 heterocycles. The molecule has 1 aliphatic rings. The average Bonchev–Trinajstić information content (AvgIpc) is 2.75. The Balaban J connectivity index is 1.65. The first kappa shape index (κ1) is 21.4. The van der Waals surface area contributed by atoms with Crippen LogP contribution in [-0.2, 0) is 14.8 Å². The summed E-state index contributed by atoms with van der Waals surface area (Å²) in [7, 11) is -3.65. The van der Waals surface area contributed by atoms with Crippen molar-refractivity contribution in [2.45, 2.75) is 24.8 Å². The van der Waals surface area contributed by atoms with E-state index in [2.05, 4.69) is 0 Å². The summed E-state index contributed by atoms with van der Waals surface area (Å²) in [6, 6.07) is 14.2. The van der Waals surface area contributed by atoms with E-state index in [9.17, 15) is 17.6 Å². The number of sulfonamides is 1. The number of carbonyl (C=O) groups is 1. The molecular weight excluding hydrogens is 393 g/mol. The molecule has 1 N–H and O–H groups in total. The molecule has 1 aliphatic heterocycles. The minimum atomic E-state index is -3.65. The predicted molar refractivity (Wildman–Crippen MR) is 110 cm³/mol. The van der Waals surface area contributed by atoms with Gasteiger partial charge in [0.15, 0.2) is 6.04 Å². The topological polar surface area (TPSA) is 62.1 Å². The van der Waals surface area contributed by atoms with Gasteiger partial charge in [-0.2, -0.15) is 4.31 Å². The number of benzene rings is 2. The van der Waals surface area contributed by atoms with E-state index in [1.54, 1.807) is 4.90 Å². The monoisotopic (exact) mass is 420 g/mol. The molecule has 2 aromatic rings. The summed E-state index contributed by atoms with van der Waals surface area (Å²) in [5.74, 6) is -0.437. The molecule has 1 saturated heterocycles. The van der Waals surface area contributed by atoms with Gasteiger partial charge in [0.05, 0.1) is 31.1 Å². The zero-order chi connectivity index (χ0) is 21.0. The third kappa shape index (κ3) is 4.66. The van der Waals surface area contributed by atoms with Gasteiger partial charge in [0.2, 0.25) is 10.0 Å². The fourth-order valence-electron chi connectivity index (χ4n) is 3.68. The van der Waals surface area contributed by atoms with Gasteiger partial charge in [0.25, 0.3) is 5.91 Å². The molecule has 0 radical (unpaired) electrons. The van der Waals surface area contributed by atoms with Crippen LogP contribution in [-0.4, -0.2) is 57.4 Å². The van der Waals surface area contributed by atoms with Crippen LogP contribution in [0.15, 0.2) is 59.5 Å². The molecule has 0 unspecified atom stereocenters. The van der Waals surface area contributed by atoms with Crippen molar-refractivity contribution in [2.24, 2.45) is 0 Å². The highest BCUT2D eigenvalue weighted by atomic mass is 32.2. The van der Waals surface area contributed by atoms with Crippen molar-refractivity contribution >= 4 is 21.6 Å². The van der Waals surface area contributed by atoms with Crippen LogP contribution in [0.3, 0.4) is 0 Å². The number of halogens is 1. The molecule has 6 nitrogen and oxygen atoms in total. The van der Waals surface area contributed by atoms with Crippen molar-refractivity contribution in [1.82, 2.24) is 4.31 Å². The molecular formula is C21H27FN3O3S+. The first-order chi connectivity index (χ1) is 13.8. The van der Waals surface area contributed by atoms with Gasteiger partial charge in [-0.15, -0.1) is 0 Å². The predicted octanol–water partition coefficient (Wildman–Crippen LogP) is 1.16. The number of piperazine rings is 1. The van der Waals surface area contributed by atoms with E-state index in [1.165, 1.54) is 16.4 Å². The van der Waals surface area contributed by atoms with E-state index in [0.29, 0.717) is 32.7 Å². The summed E-state index contributed by atoms with van der Waals surface area (Å²) >= 11 is 0. The van der Waals surface area contributed by atoms with Gasteiger partial charge in [-0.25, -0.2) is 12.8 Å². The first-order valence-electron chi connectivity index (χ1n) is 9.81. The number of hydrogen-bond donors (Lipinski definition) is 1. The van der Waals surface area contributed by atoms with Gasteiger partial charge in [-0.3, -0.25) is 4.79 Å². The van der Waals surface area contributed by atoms with Gasteiger partial charge in [-0.05, 0) is 50.2 Å². The van der Waals surface area contributed by atoms with Crippen LogP contribution in [0.25, 0.3) is 0 Å². The van der Waals surface area contributed by atoms with Gasteiger partial charge in [0, 0.05) is 12.2 Å². The number of nitrogens with one attached hydrogen (secondary N) is 1. The maximum absolute atomic E-state index is 13.1. The second-order valence-corrected chi connectivity index (χ2v) is 9.09. The fraction of sp³-hybridized carbons (Fsp3) is 0.381. The number of anilines is 1. The second-order valence-electron chi connectivity index (χ2n) is 7.16. The summed E-state index contributed by atoms with van der Waals surface area (Å²) in [4.78, 5) is 16.0. The van der Waals surface area contributed by atoms with Crippen molar-refractivity contribution in [3.05, 3.63) is 60.4 Å². The second kappa shape index (κ2) is 9.02. The maximum Gasteiger partial charge on any atom is 0.284 e. The lowest BCUT2D eigenvalue weighted by Gasteiger charge is -2.35. The molecule has 0 aliphatic carbocycles. The minimum absolute atomic E-state index is 0.0311. The van der Waals surface area contributed by atoms with E-state index in [1.807, 2.05) is 44.2 Å². The van der Waals surface area contributed by atoms with Crippen molar-refractivity contribution < 1.29 is 22.5 Å². The van der Waals surface area contributed by atoms with Crippen LogP contribution >= 0.6 is 0 Å². The Morgan fingerprint density at radius 1 is 1.10 bits per heavy atom. The van der Waals surface area contributed by atoms with Crippen LogP contribution in [0, 0.1) is 5.82 Å². The summed E-state index contributed by atoms with van der Waals surface area (Å²) in [6.45, 7) is 6.15. The van der Waals surface area contributed by atoms with Gasteiger partial charge in [-0.1, -0.05) is 18.2 Å². The van der Waals surface area contributed by atoms with Crippen LogP contribution in [0.2, 0.25) is 0 Å². The summed E-state index contributed by atoms with van der Waals surface area (Å²) in [5, 5.41) is 0. The molecule has 0 spiro atoms. The van der Waals surface area contributed by atoms with Gasteiger partial charge >= 0.3 is 0 Å². The lowest BCUT2D eigenvalue weighted by Crippen LogP contribution is -3.19. The molecule has 1 atom stereocenters. The van der Waals surface area contributed by atoms with Crippen molar-refractivity contribution in [3.8, 4) is 0 Å². The Morgan fingerprint density at radius 3 is 2.24 bits per heavy atom. The Kier molecular flexibility index (Phi) is 6.66. The zero-order valence-corrected chi connectivity index (χ0v) is 17.5. The highest BCUT2D eigenvalue weighted by Crippen LogP contribution is 2.17. The highest BCUT2D eigenvalue weighted by Gasteiger charge is 2.36. The van der Waals surface area contributed by atoms with Crippen LogP contribution in [0.5, 0.6) is 0 Å². The Hall–Kier alpha value is -2.29. The SMILES string of the molecule is CCN(C(=O)[C@H](C)[NH+]1CCN(S(=O)(=O)c2ccc(F)cc2)CC1)c1ccccc1. The molecule has 3 rings (SSSR count). The first-order valence-corrected chi connectivity index (χ1v) is 11.3. The third-order valence-corrected chi connectivity index (χ3v) is 7.36. The summed E-state index contributed by atoms with van der Waals surface area (Å²) in [6.07, 6.45) is 0. The lowest BCUT2D eigenvalue weighted by molar-refractivity contribution is -0.917. The molecule has 0 aromatic heterocycles. The van der Waals surface area contributed by atoms with E-state index >= 15 is 0 Å². The van der Waals surface area contributed by atoms with Crippen LogP contribution in [0.1, 0.15) is 13.8 Å². The number of amides is 1. The van der Waals surface area contributed by atoms with Crippen LogP contribution in [0.4, 0.5) is 10.1 Å². The van der Waals surface area contributed by atoms with Gasteiger partial charge in [0.1, 0.15) is 5.82 Å². The zero-order valence-electron chi connectivity index (χ0n) is 16.7. The molecule has 29 heavy (non-hydrogen) atoms. The van der Waals surface area contributed by atoms with Crippen LogP contribution < -0.4 is 9.80 Å². The molecule has 8 heteroatoms.